The molecule has 3 aliphatic rings. The summed E-state index contributed by atoms with van der Waals surface area (Å²) < 4.78 is 6.13. The maximum absolute atomic E-state index is 10.6. The van der Waals surface area contributed by atoms with E-state index in [-0.39, 0.29) is 17.6 Å². The Balaban J connectivity index is 1.65. The van der Waals surface area contributed by atoms with E-state index in [2.05, 4.69) is 18.7 Å². The standard InChI is InChI=1S/C17H31NO2/c1-16(2)14(15(19)17(3,4)20-16)11-18(9-12-5-6-12)10-13-7-8-13/h12-15,19H,5-11H2,1-4H3. The summed E-state index contributed by atoms with van der Waals surface area (Å²) in [5.41, 5.74) is -0.646. The van der Waals surface area contributed by atoms with Gasteiger partial charge in [0.05, 0.1) is 17.3 Å². The summed E-state index contributed by atoms with van der Waals surface area (Å²) >= 11 is 0. The number of hydrogen-bond acceptors (Lipinski definition) is 3. The van der Waals surface area contributed by atoms with Crippen molar-refractivity contribution >= 4 is 0 Å². The minimum atomic E-state index is -0.418. The van der Waals surface area contributed by atoms with Crippen LogP contribution in [0, 0.1) is 17.8 Å². The summed E-state index contributed by atoms with van der Waals surface area (Å²) in [5, 5.41) is 10.6. The number of aliphatic hydroxyl groups is 1. The van der Waals surface area contributed by atoms with Crippen molar-refractivity contribution in [1.29, 1.82) is 0 Å². The monoisotopic (exact) mass is 281 g/mol. The van der Waals surface area contributed by atoms with Gasteiger partial charge in [-0.1, -0.05) is 0 Å². The van der Waals surface area contributed by atoms with Crippen LogP contribution in [0.15, 0.2) is 0 Å². The van der Waals surface area contributed by atoms with E-state index in [0.717, 1.165) is 18.4 Å². The molecule has 2 aliphatic carbocycles. The molecule has 2 atom stereocenters. The number of aliphatic hydroxyl groups excluding tert-OH is 1. The van der Waals surface area contributed by atoms with E-state index >= 15 is 0 Å². The minimum Gasteiger partial charge on any atom is -0.390 e. The first kappa shape index (κ1) is 14.8. The maximum Gasteiger partial charge on any atom is 0.0896 e. The Labute approximate surface area is 123 Å². The summed E-state index contributed by atoms with van der Waals surface area (Å²) in [6.07, 6.45) is 5.25. The van der Waals surface area contributed by atoms with Crippen LogP contribution < -0.4 is 0 Å². The summed E-state index contributed by atoms with van der Waals surface area (Å²) in [6, 6.07) is 0. The molecule has 3 heteroatoms. The molecule has 20 heavy (non-hydrogen) atoms. The van der Waals surface area contributed by atoms with Crippen LogP contribution in [0.4, 0.5) is 0 Å². The summed E-state index contributed by atoms with van der Waals surface area (Å²) in [6.45, 7) is 11.8. The second kappa shape index (κ2) is 4.96. The molecule has 1 heterocycles. The highest BCUT2D eigenvalue weighted by atomic mass is 16.5. The number of nitrogens with zero attached hydrogens (tertiary/aromatic N) is 1. The van der Waals surface area contributed by atoms with Gasteiger partial charge in [-0.15, -0.1) is 0 Å². The fraction of sp³-hybridized carbons (Fsp3) is 1.00. The molecule has 116 valence electrons. The largest absolute Gasteiger partial charge is 0.390 e. The Bertz CT molecular complexity index is 344. The van der Waals surface area contributed by atoms with Gasteiger partial charge < -0.3 is 14.7 Å². The van der Waals surface area contributed by atoms with Crippen LogP contribution in [0.5, 0.6) is 0 Å². The van der Waals surface area contributed by atoms with E-state index in [1.54, 1.807) is 0 Å². The van der Waals surface area contributed by atoms with E-state index in [0.29, 0.717) is 0 Å². The van der Waals surface area contributed by atoms with Crippen molar-refractivity contribution in [2.45, 2.75) is 70.7 Å². The van der Waals surface area contributed by atoms with Crippen molar-refractivity contribution in [3.05, 3.63) is 0 Å². The molecule has 0 bridgehead atoms. The molecule has 0 aromatic rings. The smallest absolute Gasteiger partial charge is 0.0896 e. The maximum atomic E-state index is 10.6. The molecule has 2 saturated carbocycles. The van der Waals surface area contributed by atoms with Crippen LogP contribution in [0.3, 0.4) is 0 Å². The SMILES string of the molecule is CC1(C)OC(C)(C)C(CN(CC2CC2)CC2CC2)C1O. The van der Waals surface area contributed by atoms with Gasteiger partial charge in [-0.3, -0.25) is 0 Å². The third-order valence-corrected chi connectivity index (χ3v) is 5.39. The fourth-order valence-electron chi connectivity index (χ4n) is 3.83. The lowest BCUT2D eigenvalue weighted by Gasteiger charge is -2.33. The Morgan fingerprint density at radius 2 is 1.40 bits per heavy atom. The molecule has 0 aromatic heterocycles. The lowest BCUT2D eigenvalue weighted by atomic mass is 9.84. The molecular weight excluding hydrogens is 250 g/mol. The molecule has 2 unspecified atom stereocenters. The van der Waals surface area contributed by atoms with Crippen LogP contribution in [0.25, 0.3) is 0 Å². The fourth-order valence-corrected chi connectivity index (χ4v) is 3.83. The van der Waals surface area contributed by atoms with Gasteiger partial charge in [0, 0.05) is 25.6 Å². The molecule has 1 aliphatic heterocycles. The number of hydrogen-bond donors (Lipinski definition) is 1. The normalized spacial score (nSPS) is 35.7. The van der Waals surface area contributed by atoms with Crippen LogP contribution >= 0.6 is 0 Å². The average molecular weight is 281 g/mol. The third kappa shape index (κ3) is 3.20. The van der Waals surface area contributed by atoms with Crippen LogP contribution in [0.2, 0.25) is 0 Å². The average Bonchev–Trinajstić information content (AvgIpc) is 3.17. The lowest BCUT2D eigenvalue weighted by Crippen LogP contribution is -2.44. The molecular formula is C17H31NO2. The number of rotatable bonds is 6. The highest BCUT2D eigenvalue weighted by Gasteiger charge is 2.53. The van der Waals surface area contributed by atoms with Gasteiger partial charge in [0.2, 0.25) is 0 Å². The predicted molar refractivity (Wildman–Crippen MR) is 80.6 cm³/mol. The zero-order valence-corrected chi connectivity index (χ0v) is 13.6. The van der Waals surface area contributed by atoms with Gasteiger partial charge in [0.15, 0.2) is 0 Å². The quantitative estimate of drug-likeness (QED) is 0.812. The van der Waals surface area contributed by atoms with Crippen molar-refractivity contribution in [2.24, 2.45) is 17.8 Å². The summed E-state index contributed by atoms with van der Waals surface area (Å²) in [7, 11) is 0. The van der Waals surface area contributed by atoms with Gasteiger partial charge >= 0.3 is 0 Å². The zero-order valence-electron chi connectivity index (χ0n) is 13.6. The number of ether oxygens (including phenoxy) is 1. The van der Waals surface area contributed by atoms with E-state index < -0.39 is 5.60 Å². The second-order valence-electron chi connectivity index (χ2n) is 8.47. The van der Waals surface area contributed by atoms with Crippen molar-refractivity contribution in [2.75, 3.05) is 19.6 Å². The Hall–Kier alpha value is -0.120. The molecule has 3 nitrogen and oxygen atoms in total. The predicted octanol–water partition coefficient (Wildman–Crippen LogP) is 2.67. The zero-order chi connectivity index (χ0) is 14.5. The second-order valence-corrected chi connectivity index (χ2v) is 8.47. The van der Waals surface area contributed by atoms with E-state index in [1.807, 2.05) is 13.8 Å². The van der Waals surface area contributed by atoms with Gasteiger partial charge in [-0.25, -0.2) is 0 Å². The third-order valence-electron chi connectivity index (χ3n) is 5.39. The highest BCUT2D eigenvalue weighted by molar-refractivity contribution is 5.02. The van der Waals surface area contributed by atoms with Gasteiger partial charge in [0.25, 0.3) is 0 Å². The van der Waals surface area contributed by atoms with Crippen molar-refractivity contribution in [3.63, 3.8) is 0 Å². The van der Waals surface area contributed by atoms with Gasteiger partial charge in [-0.2, -0.15) is 0 Å². The molecule has 0 aromatic carbocycles. The Morgan fingerprint density at radius 3 is 1.75 bits per heavy atom. The molecule has 0 radical (unpaired) electrons. The first-order valence-corrected chi connectivity index (χ1v) is 8.38. The van der Waals surface area contributed by atoms with Crippen LogP contribution in [-0.4, -0.2) is 46.9 Å². The molecule has 0 spiro atoms. The van der Waals surface area contributed by atoms with Crippen LogP contribution in [0.1, 0.15) is 53.4 Å². The van der Waals surface area contributed by atoms with Gasteiger partial charge in [-0.05, 0) is 65.2 Å². The van der Waals surface area contributed by atoms with Crippen LogP contribution in [-0.2, 0) is 4.74 Å². The van der Waals surface area contributed by atoms with E-state index in [9.17, 15) is 5.11 Å². The summed E-state index contributed by atoms with van der Waals surface area (Å²) in [5.74, 6) is 2.06. The summed E-state index contributed by atoms with van der Waals surface area (Å²) in [4.78, 5) is 2.62. The molecule has 3 rings (SSSR count). The molecule has 3 fully saturated rings. The minimum absolute atomic E-state index is 0.218. The molecule has 1 saturated heterocycles. The molecule has 0 amide bonds. The first-order chi connectivity index (χ1) is 9.28. The Kier molecular flexibility index (Phi) is 3.67. The molecule has 1 N–H and O–H groups in total. The lowest BCUT2D eigenvalue weighted by molar-refractivity contribution is -0.0914. The van der Waals surface area contributed by atoms with Crippen molar-refractivity contribution in [3.8, 4) is 0 Å². The van der Waals surface area contributed by atoms with Crippen molar-refractivity contribution < 1.29 is 9.84 Å². The highest BCUT2D eigenvalue weighted by Crippen LogP contribution is 2.43. The van der Waals surface area contributed by atoms with Crippen molar-refractivity contribution in [1.82, 2.24) is 4.90 Å². The topological polar surface area (TPSA) is 32.7 Å². The van der Waals surface area contributed by atoms with E-state index in [1.165, 1.54) is 38.8 Å². The van der Waals surface area contributed by atoms with Gasteiger partial charge in [0.1, 0.15) is 0 Å². The first-order valence-electron chi connectivity index (χ1n) is 8.38. The Morgan fingerprint density at radius 1 is 0.900 bits per heavy atom. The van der Waals surface area contributed by atoms with E-state index in [4.69, 9.17) is 4.74 Å².